The quantitative estimate of drug-likeness (QED) is 0.840. The summed E-state index contributed by atoms with van der Waals surface area (Å²) in [5.41, 5.74) is 0.993. The number of aromatic nitrogens is 1. The normalized spacial score (nSPS) is 15.5. The lowest BCUT2D eigenvalue weighted by molar-refractivity contribution is 0.588. The summed E-state index contributed by atoms with van der Waals surface area (Å²) >= 11 is 0. The van der Waals surface area contributed by atoms with Crippen LogP contribution in [0.2, 0.25) is 0 Å². The minimum absolute atomic E-state index is 0.233. The highest BCUT2D eigenvalue weighted by molar-refractivity contribution is 5.49. The van der Waals surface area contributed by atoms with Gasteiger partial charge >= 0.3 is 0 Å². The van der Waals surface area contributed by atoms with Crippen molar-refractivity contribution in [3.63, 3.8) is 0 Å². The fourth-order valence-electron chi connectivity index (χ4n) is 2.44. The van der Waals surface area contributed by atoms with Crippen molar-refractivity contribution in [2.24, 2.45) is 0 Å². The van der Waals surface area contributed by atoms with Gasteiger partial charge in [-0.2, -0.15) is 0 Å². The fourth-order valence-corrected chi connectivity index (χ4v) is 2.44. The third-order valence-corrected chi connectivity index (χ3v) is 3.51. The van der Waals surface area contributed by atoms with Crippen molar-refractivity contribution in [3.05, 3.63) is 54.2 Å². The van der Waals surface area contributed by atoms with Crippen LogP contribution in [0.3, 0.4) is 0 Å². The molecule has 104 valence electrons. The van der Waals surface area contributed by atoms with Crippen LogP contribution < -0.4 is 9.80 Å². The van der Waals surface area contributed by atoms with Crippen LogP contribution in [0, 0.1) is 11.6 Å². The van der Waals surface area contributed by atoms with Crippen molar-refractivity contribution < 1.29 is 8.78 Å². The molecule has 0 aliphatic carbocycles. The highest BCUT2D eigenvalue weighted by atomic mass is 19.1. The van der Waals surface area contributed by atoms with Gasteiger partial charge in [0.15, 0.2) is 11.6 Å². The number of hydrogen-bond donors (Lipinski definition) is 0. The van der Waals surface area contributed by atoms with Crippen molar-refractivity contribution in [3.8, 4) is 0 Å². The molecule has 1 aliphatic heterocycles. The van der Waals surface area contributed by atoms with E-state index in [1.54, 1.807) is 24.4 Å². The Morgan fingerprint density at radius 3 is 2.15 bits per heavy atom. The summed E-state index contributed by atoms with van der Waals surface area (Å²) in [6, 6.07) is 9.47. The van der Waals surface area contributed by atoms with Gasteiger partial charge < -0.3 is 9.80 Å². The van der Waals surface area contributed by atoms with E-state index in [9.17, 15) is 8.78 Å². The lowest BCUT2D eigenvalue weighted by Gasteiger charge is -2.36. The van der Waals surface area contributed by atoms with E-state index >= 15 is 0 Å². The predicted octanol–water partition coefficient (Wildman–Crippen LogP) is 2.69. The number of pyridine rings is 1. The summed E-state index contributed by atoms with van der Waals surface area (Å²) in [5, 5.41) is 0. The van der Waals surface area contributed by atoms with Crippen molar-refractivity contribution >= 4 is 11.5 Å². The van der Waals surface area contributed by atoms with Gasteiger partial charge in [0.25, 0.3) is 0 Å². The van der Waals surface area contributed by atoms with Crippen LogP contribution in [-0.4, -0.2) is 31.2 Å². The maximum Gasteiger partial charge on any atom is 0.165 e. The van der Waals surface area contributed by atoms with Crippen molar-refractivity contribution in [1.29, 1.82) is 0 Å². The van der Waals surface area contributed by atoms with Crippen LogP contribution >= 0.6 is 0 Å². The largest absolute Gasteiger partial charge is 0.368 e. The first kappa shape index (κ1) is 12.8. The van der Waals surface area contributed by atoms with Gasteiger partial charge in [0, 0.05) is 38.1 Å². The lowest BCUT2D eigenvalue weighted by Crippen LogP contribution is -2.47. The topological polar surface area (TPSA) is 19.4 Å². The van der Waals surface area contributed by atoms with E-state index < -0.39 is 0 Å². The molecule has 3 nitrogen and oxygen atoms in total. The van der Waals surface area contributed by atoms with Crippen LogP contribution in [0.25, 0.3) is 0 Å². The molecule has 0 saturated carbocycles. The molecule has 2 heterocycles. The zero-order valence-corrected chi connectivity index (χ0v) is 11.0. The number of benzene rings is 1. The third-order valence-electron chi connectivity index (χ3n) is 3.51. The Hall–Kier alpha value is -2.17. The molecule has 1 aliphatic rings. The Morgan fingerprint density at radius 2 is 1.50 bits per heavy atom. The Labute approximate surface area is 116 Å². The van der Waals surface area contributed by atoms with Gasteiger partial charge in [-0.1, -0.05) is 0 Å². The molecule has 0 unspecified atom stereocenters. The van der Waals surface area contributed by atoms with E-state index in [1.807, 2.05) is 4.90 Å². The van der Waals surface area contributed by atoms with E-state index in [1.165, 1.54) is 18.2 Å². The number of anilines is 2. The average Bonchev–Trinajstić information content (AvgIpc) is 2.49. The van der Waals surface area contributed by atoms with Gasteiger partial charge in [0.05, 0.1) is 0 Å². The summed E-state index contributed by atoms with van der Waals surface area (Å²) in [6.07, 6.45) is 1.60. The van der Waals surface area contributed by atoms with Crippen LogP contribution in [0.1, 0.15) is 0 Å². The van der Waals surface area contributed by atoms with Crippen LogP contribution in [0.15, 0.2) is 42.6 Å². The molecule has 5 heteroatoms. The second-order valence-electron chi connectivity index (χ2n) is 4.76. The summed E-state index contributed by atoms with van der Waals surface area (Å²) < 4.78 is 26.6. The summed E-state index contributed by atoms with van der Waals surface area (Å²) in [4.78, 5) is 8.20. The number of nitrogens with zero attached hydrogens (tertiary/aromatic N) is 3. The molecular weight excluding hydrogens is 260 g/mol. The monoisotopic (exact) mass is 275 g/mol. The van der Waals surface area contributed by atoms with E-state index in [0.29, 0.717) is 18.9 Å². The highest BCUT2D eigenvalue weighted by Gasteiger charge is 2.20. The standard InChI is InChI=1S/C15H15F2N3/c16-12-3-5-13(6-4-12)19-8-10-20(11-9-19)15-14(17)2-1-7-18-15/h1-7H,8-11H2. The van der Waals surface area contributed by atoms with Crippen LogP contribution in [0.5, 0.6) is 0 Å². The van der Waals surface area contributed by atoms with Gasteiger partial charge in [-0.15, -0.1) is 0 Å². The number of halogens is 2. The van der Waals surface area contributed by atoms with Crippen molar-refractivity contribution in [1.82, 2.24) is 4.98 Å². The second-order valence-corrected chi connectivity index (χ2v) is 4.76. The first-order valence-electron chi connectivity index (χ1n) is 6.60. The van der Waals surface area contributed by atoms with Gasteiger partial charge in [-0.25, -0.2) is 13.8 Å². The number of piperazine rings is 1. The van der Waals surface area contributed by atoms with Gasteiger partial charge in [0.1, 0.15) is 5.82 Å². The first-order valence-corrected chi connectivity index (χ1v) is 6.60. The molecule has 0 atom stereocenters. The Kier molecular flexibility index (Phi) is 3.50. The molecule has 20 heavy (non-hydrogen) atoms. The molecule has 1 fully saturated rings. The predicted molar refractivity (Wildman–Crippen MR) is 75.0 cm³/mol. The summed E-state index contributed by atoms with van der Waals surface area (Å²) in [6.45, 7) is 2.93. The molecule has 0 spiro atoms. The van der Waals surface area contributed by atoms with E-state index in [2.05, 4.69) is 9.88 Å². The molecule has 3 rings (SSSR count). The van der Waals surface area contributed by atoms with Gasteiger partial charge in [-0.3, -0.25) is 0 Å². The highest BCUT2D eigenvalue weighted by Crippen LogP contribution is 2.21. The lowest BCUT2D eigenvalue weighted by atomic mass is 10.2. The molecule has 2 aromatic rings. The Balaban J connectivity index is 1.68. The van der Waals surface area contributed by atoms with Crippen molar-refractivity contribution in [2.45, 2.75) is 0 Å². The SMILES string of the molecule is Fc1ccc(N2CCN(c3ncccc3F)CC2)cc1. The summed E-state index contributed by atoms with van der Waals surface area (Å²) in [5.74, 6) is -0.114. The zero-order chi connectivity index (χ0) is 13.9. The maximum atomic E-state index is 13.7. The Bertz CT molecular complexity index is 578. The molecule has 0 radical (unpaired) electrons. The van der Waals surface area contributed by atoms with Gasteiger partial charge in [-0.05, 0) is 36.4 Å². The molecule has 1 aromatic carbocycles. The minimum atomic E-state index is -0.289. The molecule has 1 aromatic heterocycles. The van der Waals surface area contributed by atoms with Gasteiger partial charge in [0.2, 0.25) is 0 Å². The molecule has 0 bridgehead atoms. The third kappa shape index (κ3) is 2.57. The van der Waals surface area contributed by atoms with E-state index in [0.717, 1.165) is 18.8 Å². The van der Waals surface area contributed by atoms with E-state index in [4.69, 9.17) is 0 Å². The zero-order valence-electron chi connectivity index (χ0n) is 11.0. The fraction of sp³-hybridized carbons (Fsp3) is 0.267. The van der Waals surface area contributed by atoms with Crippen LogP contribution in [-0.2, 0) is 0 Å². The maximum absolute atomic E-state index is 13.7. The number of hydrogen-bond acceptors (Lipinski definition) is 3. The Morgan fingerprint density at radius 1 is 0.850 bits per heavy atom. The average molecular weight is 275 g/mol. The van der Waals surface area contributed by atoms with Crippen molar-refractivity contribution in [2.75, 3.05) is 36.0 Å². The smallest absolute Gasteiger partial charge is 0.165 e. The first-order chi connectivity index (χ1) is 9.74. The van der Waals surface area contributed by atoms with Crippen LogP contribution in [0.4, 0.5) is 20.3 Å². The molecular formula is C15H15F2N3. The minimum Gasteiger partial charge on any atom is -0.368 e. The molecule has 1 saturated heterocycles. The summed E-state index contributed by atoms with van der Waals surface area (Å²) in [7, 11) is 0. The number of rotatable bonds is 2. The molecule has 0 N–H and O–H groups in total. The van der Waals surface area contributed by atoms with E-state index in [-0.39, 0.29) is 11.6 Å². The second kappa shape index (κ2) is 5.45. The molecule has 0 amide bonds.